The van der Waals surface area contributed by atoms with Crippen LogP contribution in [0.5, 0.6) is 5.75 Å². The highest BCUT2D eigenvalue weighted by Gasteiger charge is 2.35. The molecule has 0 aromatic heterocycles. The lowest BCUT2D eigenvalue weighted by molar-refractivity contribution is -0.137. The van der Waals surface area contributed by atoms with E-state index in [0.29, 0.717) is 0 Å². The Kier molecular flexibility index (Phi) is 4.46. The van der Waals surface area contributed by atoms with Gasteiger partial charge in [-0.05, 0) is 29.6 Å². The van der Waals surface area contributed by atoms with Crippen LogP contribution in [-0.4, -0.2) is 26.1 Å². The summed E-state index contributed by atoms with van der Waals surface area (Å²) in [7, 11) is 1.32. The Morgan fingerprint density at radius 3 is 2.82 bits per heavy atom. The van der Waals surface area contributed by atoms with E-state index in [9.17, 15) is 18.0 Å². The molecule has 118 valence electrons. The van der Waals surface area contributed by atoms with Gasteiger partial charge in [-0.3, -0.25) is 4.79 Å². The third kappa shape index (κ3) is 3.25. The highest BCUT2D eigenvalue weighted by atomic mass is 19.4. The molecule has 1 unspecified atom stereocenters. The lowest BCUT2D eigenvalue weighted by Gasteiger charge is -2.21. The first-order chi connectivity index (χ1) is 10.4. The predicted octanol–water partition coefficient (Wildman–Crippen LogP) is 3.38. The van der Waals surface area contributed by atoms with Crippen molar-refractivity contribution in [3.05, 3.63) is 34.2 Å². The Balaban J connectivity index is 2.34. The summed E-state index contributed by atoms with van der Waals surface area (Å²) in [6, 6.07) is 2.99. The van der Waals surface area contributed by atoms with Crippen molar-refractivity contribution >= 4 is 11.6 Å². The molecule has 9 heteroatoms. The Bertz CT molecular complexity index is 626. The van der Waals surface area contributed by atoms with E-state index in [1.165, 1.54) is 18.1 Å². The number of methoxy groups -OCH3 is 1. The summed E-state index contributed by atoms with van der Waals surface area (Å²) < 4.78 is 43.5. The van der Waals surface area contributed by atoms with Crippen molar-refractivity contribution in [1.29, 1.82) is 0 Å². The van der Waals surface area contributed by atoms with E-state index in [4.69, 9.17) is 10.3 Å². The van der Waals surface area contributed by atoms with Gasteiger partial charge in [0.25, 0.3) is 0 Å². The Morgan fingerprint density at radius 1 is 1.50 bits per heavy atom. The van der Waals surface area contributed by atoms with Gasteiger partial charge in [-0.1, -0.05) is 5.11 Å². The fourth-order valence-electron chi connectivity index (χ4n) is 2.37. The van der Waals surface area contributed by atoms with Crippen molar-refractivity contribution in [2.75, 3.05) is 25.1 Å². The van der Waals surface area contributed by atoms with Gasteiger partial charge >= 0.3 is 6.18 Å². The number of halogens is 3. The number of benzene rings is 1. The van der Waals surface area contributed by atoms with Gasteiger partial charge in [-0.15, -0.1) is 0 Å². The fourth-order valence-corrected chi connectivity index (χ4v) is 2.37. The minimum absolute atomic E-state index is 0.0748. The second kappa shape index (κ2) is 6.15. The lowest BCUT2D eigenvalue weighted by atomic mass is 10.1. The standard InChI is InChI=1S/C13H13F3N4O2/c1-22-11-3-2-9(13(14,15)16)5-10(11)20-7-8(4-12(20)21)6-18-19-17/h2-3,5,8H,4,6-7H2,1H3. The summed E-state index contributed by atoms with van der Waals surface area (Å²) >= 11 is 0. The van der Waals surface area contributed by atoms with E-state index < -0.39 is 11.7 Å². The zero-order valence-corrected chi connectivity index (χ0v) is 11.7. The van der Waals surface area contributed by atoms with Crippen molar-refractivity contribution in [3.63, 3.8) is 0 Å². The maximum atomic E-state index is 12.8. The molecule has 1 aliphatic rings. The third-order valence-corrected chi connectivity index (χ3v) is 3.41. The molecule has 1 aromatic rings. The van der Waals surface area contributed by atoms with E-state index in [1.54, 1.807) is 0 Å². The van der Waals surface area contributed by atoms with Gasteiger partial charge in [-0.25, -0.2) is 0 Å². The first-order valence-electron chi connectivity index (χ1n) is 6.43. The van der Waals surface area contributed by atoms with E-state index in [1.807, 2.05) is 0 Å². The van der Waals surface area contributed by atoms with Crippen LogP contribution in [0.1, 0.15) is 12.0 Å². The zero-order valence-electron chi connectivity index (χ0n) is 11.7. The van der Waals surface area contributed by atoms with Crippen LogP contribution in [0.15, 0.2) is 23.3 Å². The first kappa shape index (κ1) is 16.0. The molecule has 1 atom stereocenters. The van der Waals surface area contributed by atoms with Gasteiger partial charge in [0.05, 0.1) is 18.4 Å². The van der Waals surface area contributed by atoms with Crippen LogP contribution < -0.4 is 9.64 Å². The largest absolute Gasteiger partial charge is 0.495 e. The Hall–Kier alpha value is -2.41. The molecular weight excluding hydrogens is 301 g/mol. The fraction of sp³-hybridized carbons (Fsp3) is 0.462. The lowest BCUT2D eigenvalue weighted by Crippen LogP contribution is -2.25. The number of anilines is 1. The molecule has 0 N–H and O–H groups in total. The van der Waals surface area contributed by atoms with Crippen molar-refractivity contribution < 1.29 is 22.7 Å². The van der Waals surface area contributed by atoms with Crippen LogP contribution in [-0.2, 0) is 11.0 Å². The van der Waals surface area contributed by atoms with Gasteiger partial charge in [-0.2, -0.15) is 13.2 Å². The second-order valence-electron chi connectivity index (χ2n) is 4.87. The van der Waals surface area contributed by atoms with Gasteiger partial charge in [0.15, 0.2) is 0 Å². The molecule has 0 saturated carbocycles. The summed E-state index contributed by atoms with van der Waals surface area (Å²) in [6.07, 6.45) is -4.38. The molecule has 0 radical (unpaired) electrons. The quantitative estimate of drug-likeness (QED) is 0.485. The molecule has 0 spiro atoms. The molecule has 6 nitrogen and oxygen atoms in total. The maximum Gasteiger partial charge on any atom is 0.416 e. The van der Waals surface area contributed by atoms with Crippen LogP contribution >= 0.6 is 0 Å². The van der Waals surface area contributed by atoms with Crippen LogP contribution in [0.2, 0.25) is 0 Å². The monoisotopic (exact) mass is 314 g/mol. The average Bonchev–Trinajstić information content (AvgIpc) is 2.84. The van der Waals surface area contributed by atoms with Crippen LogP contribution in [0.25, 0.3) is 10.4 Å². The number of carbonyl (C=O) groups is 1. The normalized spacial score (nSPS) is 18.3. The summed E-state index contributed by atoms with van der Waals surface area (Å²) in [5.41, 5.74) is 7.52. The summed E-state index contributed by atoms with van der Waals surface area (Å²) in [5, 5.41) is 3.41. The number of rotatable bonds is 4. The van der Waals surface area contributed by atoms with Crippen molar-refractivity contribution in [3.8, 4) is 5.75 Å². The summed E-state index contributed by atoms with van der Waals surface area (Å²) in [6.45, 7) is 0.315. The number of ether oxygens (including phenoxy) is 1. The molecule has 0 aliphatic carbocycles. The van der Waals surface area contributed by atoms with Crippen molar-refractivity contribution in [2.45, 2.75) is 12.6 Å². The predicted molar refractivity (Wildman–Crippen MR) is 72.5 cm³/mol. The minimum Gasteiger partial charge on any atom is -0.495 e. The Labute approximate surface area is 124 Å². The zero-order chi connectivity index (χ0) is 16.3. The van der Waals surface area contributed by atoms with Crippen LogP contribution in [0.3, 0.4) is 0 Å². The second-order valence-corrected chi connectivity index (χ2v) is 4.87. The summed E-state index contributed by atoms with van der Waals surface area (Å²) in [5.74, 6) is -0.357. The molecule has 1 aliphatic heterocycles. The molecule has 0 bridgehead atoms. The van der Waals surface area contributed by atoms with Gasteiger partial charge in [0, 0.05) is 24.4 Å². The van der Waals surface area contributed by atoms with Crippen molar-refractivity contribution in [1.82, 2.24) is 0 Å². The number of hydrogen-bond donors (Lipinski definition) is 0. The highest BCUT2D eigenvalue weighted by molar-refractivity contribution is 5.97. The topological polar surface area (TPSA) is 78.3 Å². The van der Waals surface area contributed by atoms with E-state index in [0.717, 1.165) is 12.1 Å². The number of azide groups is 1. The molecule has 1 aromatic carbocycles. The van der Waals surface area contributed by atoms with Gasteiger partial charge in [0.2, 0.25) is 5.91 Å². The van der Waals surface area contributed by atoms with E-state index >= 15 is 0 Å². The van der Waals surface area contributed by atoms with Crippen molar-refractivity contribution in [2.24, 2.45) is 11.0 Å². The van der Waals surface area contributed by atoms with Crippen LogP contribution in [0.4, 0.5) is 18.9 Å². The molecule has 1 heterocycles. The molecule has 1 saturated heterocycles. The molecule has 22 heavy (non-hydrogen) atoms. The smallest absolute Gasteiger partial charge is 0.416 e. The van der Waals surface area contributed by atoms with E-state index in [2.05, 4.69) is 10.0 Å². The molecular formula is C13H13F3N4O2. The number of nitrogens with zero attached hydrogens (tertiary/aromatic N) is 4. The first-order valence-corrected chi connectivity index (χ1v) is 6.43. The number of alkyl halides is 3. The number of amides is 1. The Morgan fingerprint density at radius 2 is 2.23 bits per heavy atom. The molecule has 1 fully saturated rings. The minimum atomic E-state index is -4.51. The van der Waals surface area contributed by atoms with Gasteiger partial charge in [0.1, 0.15) is 5.75 Å². The highest BCUT2D eigenvalue weighted by Crippen LogP contribution is 2.38. The molecule has 2 rings (SSSR count). The maximum absolute atomic E-state index is 12.8. The van der Waals surface area contributed by atoms with Gasteiger partial charge < -0.3 is 9.64 Å². The average molecular weight is 314 g/mol. The number of carbonyl (C=O) groups excluding carboxylic acids is 1. The molecule has 1 amide bonds. The number of hydrogen-bond acceptors (Lipinski definition) is 3. The van der Waals surface area contributed by atoms with Crippen LogP contribution in [0, 0.1) is 5.92 Å². The summed E-state index contributed by atoms with van der Waals surface area (Å²) in [4.78, 5) is 15.9. The third-order valence-electron chi connectivity index (χ3n) is 3.41. The SMILES string of the molecule is COc1ccc(C(F)(F)F)cc1N1CC(CN=[N+]=[N-])CC1=O. The van der Waals surface area contributed by atoms with E-state index in [-0.39, 0.29) is 42.8 Å².